The van der Waals surface area contributed by atoms with Crippen LogP contribution in [0, 0.1) is 0 Å². The fourth-order valence-electron chi connectivity index (χ4n) is 2.08. The van der Waals surface area contributed by atoms with Gasteiger partial charge in [0.15, 0.2) is 10.9 Å². The van der Waals surface area contributed by atoms with Gasteiger partial charge in [-0.05, 0) is 68.5 Å². The molecule has 0 spiro atoms. The first kappa shape index (κ1) is 19.1. The highest BCUT2D eigenvalue weighted by molar-refractivity contribution is 9.10. The molecule has 0 saturated carbocycles. The van der Waals surface area contributed by atoms with E-state index < -0.39 is 0 Å². The minimum Gasteiger partial charge on any atom is -0.493 e. The van der Waals surface area contributed by atoms with Crippen molar-refractivity contribution in [2.45, 2.75) is 13.8 Å². The molecule has 5 nitrogen and oxygen atoms in total. The van der Waals surface area contributed by atoms with Gasteiger partial charge in [0.05, 0.1) is 12.2 Å². The number of nitrogens with one attached hydrogen (secondary N) is 2. The van der Waals surface area contributed by atoms with E-state index in [1.165, 1.54) is 6.92 Å². The molecule has 0 saturated heterocycles. The van der Waals surface area contributed by atoms with Gasteiger partial charge >= 0.3 is 0 Å². The predicted molar refractivity (Wildman–Crippen MR) is 105 cm³/mol. The summed E-state index contributed by atoms with van der Waals surface area (Å²) in [7, 11) is 0. The van der Waals surface area contributed by atoms with Crippen molar-refractivity contribution in [3.63, 3.8) is 0 Å². The molecule has 0 heterocycles. The molecular weight excluding hydrogens is 404 g/mol. The van der Waals surface area contributed by atoms with Crippen LogP contribution < -0.4 is 15.4 Å². The minimum absolute atomic E-state index is 0.0134. The van der Waals surface area contributed by atoms with Gasteiger partial charge in [0.2, 0.25) is 0 Å². The Kier molecular flexibility index (Phi) is 6.66. The number of hydrogen-bond donors (Lipinski definition) is 2. The molecule has 25 heavy (non-hydrogen) atoms. The average molecular weight is 421 g/mol. The second kappa shape index (κ2) is 8.73. The van der Waals surface area contributed by atoms with Crippen LogP contribution in [0.3, 0.4) is 0 Å². The quantitative estimate of drug-likeness (QED) is 0.560. The lowest BCUT2D eigenvalue weighted by Gasteiger charge is -2.13. The first-order chi connectivity index (χ1) is 11.9. The van der Waals surface area contributed by atoms with Crippen molar-refractivity contribution in [1.29, 1.82) is 0 Å². The van der Waals surface area contributed by atoms with Crippen LogP contribution in [-0.2, 0) is 0 Å². The fraction of sp³-hybridized carbons (Fsp3) is 0.167. The molecule has 2 N–H and O–H groups in total. The number of ketones is 1. The Morgan fingerprint density at radius 3 is 2.44 bits per heavy atom. The maximum absolute atomic E-state index is 12.5. The molecule has 0 aliphatic carbocycles. The number of Topliss-reactive ketones (excluding diaryl/α,β-unsaturated/α-hetero) is 1. The summed E-state index contributed by atoms with van der Waals surface area (Å²) in [5.74, 6) is 0.0972. The third-order valence-corrected chi connectivity index (χ3v) is 3.96. The van der Waals surface area contributed by atoms with Gasteiger partial charge in [-0.2, -0.15) is 0 Å². The number of hydrogen-bond acceptors (Lipinski definition) is 4. The molecule has 0 aliphatic heterocycles. The van der Waals surface area contributed by atoms with Crippen molar-refractivity contribution >= 4 is 50.6 Å². The summed E-state index contributed by atoms with van der Waals surface area (Å²) in [6.07, 6.45) is 0. The summed E-state index contributed by atoms with van der Waals surface area (Å²) < 4.78 is 6.23. The van der Waals surface area contributed by atoms with E-state index >= 15 is 0 Å². The molecule has 0 aliphatic rings. The Hall–Kier alpha value is -2.25. The van der Waals surface area contributed by atoms with Crippen LogP contribution in [0.1, 0.15) is 34.6 Å². The number of ether oxygens (including phenoxy) is 1. The van der Waals surface area contributed by atoms with Crippen LogP contribution >= 0.6 is 28.1 Å². The summed E-state index contributed by atoms with van der Waals surface area (Å²) in [4.78, 5) is 23.7. The van der Waals surface area contributed by atoms with Gasteiger partial charge in [0.1, 0.15) is 5.75 Å². The highest BCUT2D eigenvalue weighted by atomic mass is 79.9. The number of anilines is 1. The van der Waals surface area contributed by atoms with Crippen LogP contribution in [0.25, 0.3) is 0 Å². The third kappa shape index (κ3) is 5.37. The van der Waals surface area contributed by atoms with Crippen LogP contribution in [0.5, 0.6) is 5.75 Å². The number of thiocarbonyl (C=S) groups is 1. The second-order valence-corrected chi connectivity index (χ2v) is 6.44. The number of carbonyl (C=O) groups excluding carboxylic acids is 2. The number of rotatable bonds is 5. The van der Waals surface area contributed by atoms with Crippen LogP contribution in [0.15, 0.2) is 46.9 Å². The van der Waals surface area contributed by atoms with Crippen molar-refractivity contribution in [3.05, 3.63) is 58.1 Å². The Morgan fingerprint density at radius 1 is 1.16 bits per heavy atom. The SMILES string of the molecule is CCOc1ccc(Br)cc1C(=O)NC(=S)Nc1ccc(C(C)=O)cc1. The Balaban J connectivity index is 2.06. The Labute approximate surface area is 159 Å². The van der Waals surface area contributed by atoms with Gasteiger partial charge < -0.3 is 10.1 Å². The lowest BCUT2D eigenvalue weighted by molar-refractivity contribution is 0.0972. The van der Waals surface area contributed by atoms with Crippen molar-refractivity contribution in [1.82, 2.24) is 5.32 Å². The molecule has 7 heteroatoms. The van der Waals surface area contributed by atoms with Gasteiger partial charge in [-0.25, -0.2) is 0 Å². The van der Waals surface area contributed by atoms with E-state index in [1.807, 2.05) is 6.92 Å². The fourth-order valence-corrected chi connectivity index (χ4v) is 2.65. The van der Waals surface area contributed by atoms with Gasteiger partial charge in [-0.3, -0.25) is 14.9 Å². The van der Waals surface area contributed by atoms with Crippen LogP contribution in [0.4, 0.5) is 5.69 Å². The zero-order chi connectivity index (χ0) is 18.4. The van der Waals surface area contributed by atoms with Crippen LogP contribution in [-0.4, -0.2) is 23.4 Å². The summed E-state index contributed by atoms with van der Waals surface area (Å²) in [6.45, 7) is 3.80. The van der Waals surface area contributed by atoms with Gasteiger partial charge in [-0.1, -0.05) is 15.9 Å². The zero-order valence-corrected chi connectivity index (χ0v) is 16.2. The lowest BCUT2D eigenvalue weighted by Crippen LogP contribution is -2.34. The molecule has 0 radical (unpaired) electrons. The summed E-state index contributed by atoms with van der Waals surface area (Å²) >= 11 is 8.52. The molecule has 0 aromatic heterocycles. The summed E-state index contributed by atoms with van der Waals surface area (Å²) in [5, 5.41) is 5.69. The number of halogens is 1. The molecule has 130 valence electrons. The van der Waals surface area contributed by atoms with E-state index in [0.717, 1.165) is 4.47 Å². The van der Waals surface area contributed by atoms with Gasteiger partial charge in [0, 0.05) is 15.7 Å². The monoisotopic (exact) mass is 420 g/mol. The molecular formula is C18H17BrN2O3S. The lowest BCUT2D eigenvalue weighted by atomic mass is 10.1. The average Bonchev–Trinajstić information content (AvgIpc) is 2.57. The van der Waals surface area contributed by atoms with Crippen molar-refractivity contribution in [2.24, 2.45) is 0 Å². The molecule has 1 amide bonds. The molecule has 2 rings (SSSR count). The first-order valence-electron chi connectivity index (χ1n) is 7.56. The zero-order valence-electron chi connectivity index (χ0n) is 13.8. The van der Waals surface area contributed by atoms with E-state index in [-0.39, 0.29) is 16.8 Å². The number of benzene rings is 2. The molecule has 2 aromatic rings. The Morgan fingerprint density at radius 2 is 1.84 bits per heavy atom. The highest BCUT2D eigenvalue weighted by Crippen LogP contribution is 2.23. The smallest absolute Gasteiger partial charge is 0.261 e. The molecule has 0 atom stereocenters. The minimum atomic E-state index is -0.373. The van der Waals surface area contributed by atoms with Gasteiger partial charge in [0.25, 0.3) is 5.91 Å². The second-order valence-electron chi connectivity index (χ2n) is 5.12. The maximum Gasteiger partial charge on any atom is 0.261 e. The van der Waals surface area contributed by atoms with E-state index in [1.54, 1.807) is 42.5 Å². The van der Waals surface area contributed by atoms with E-state index in [4.69, 9.17) is 17.0 Å². The van der Waals surface area contributed by atoms with Crippen molar-refractivity contribution in [3.8, 4) is 5.75 Å². The molecule has 0 unspecified atom stereocenters. The topological polar surface area (TPSA) is 67.4 Å². The molecule has 0 fully saturated rings. The first-order valence-corrected chi connectivity index (χ1v) is 8.76. The van der Waals surface area contributed by atoms with E-state index in [0.29, 0.717) is 29.2 Å². The van der Waals surface area contributed by atoms with Crippen molar-refractivity contribution in [2.75, 3.05) is 11.9 Å². The highest BCUT2D eigenvalue weighted by Gasteiger charge is 2.14. The van der Waals surface area contributed by atoms with Crippen LogP contribution in [0.2, 0.25) is 0 Å². The summed E-state index contributed by atoms with van der Waals surface area (Å²) in [5.41, 5.74) is 1.66. The van der Waals surface area contributed by atoms with E-state index in [9.17, 15) is 9.59 Å². The number of amides is 1. The largest absolute Gasteiger partial charge is 0.493 e. The molecule has 0 bridgehead atoms. The number of carbonyl (C=O) groups is 2. The molecule has 2 aromatic carbocycles. The normalized spacial score (nSPS) is 10.0. The van der Waals surface area contributed by atoms with E-state index in [2.05, 4.69) is 26.6 Å². The summed E-state index contributed by atoms with van der Waals surface area (Å²) in [6, 6.07) is 12.0. The maximum atomic E-state index is 12.5. The third-order valence-electron chi connectivity index (χ3n) is 3.26. The predicted octanol–water partition coefficient (Wildman–Crippen LogP) is 4.18. The Bertz CT molecular complexity index is 806. The van der Waals surface area contributed by atoms with Crippen molar-refractivity contribution < 1.29 is 14.3 Å². The standard InChI is InChI=1S/C18H17BrN2O3S/c1-3-24-16-9-6-13(19)10-15(16)17(23)21-18(25)20-14-7-4-12(5-8-14)11(2)22/h4-10H,3H2,1-2H3,(H2,20,21,23,25). The van der Waals surface area contributed by atoms with Gasteiger partial charge in [-0.15, -0.1) is 0 Å².